The molecule has 1 heterocycles. The first-order valence-corrected chi connectivity index (χ1v) is 8.24. The van der Waals surface area contributed by atoms with Gasteiger partial charge >= 0.3 is 0 Å². The Hall–Kier alpha value is -2.57. The summed E-state index contributed by atoms with van der Waals surface area (Å²) < 4.78 is 5.60. The van der Waals surface area contributed by atoms with Crippen LogP contribution >= 0.6 is 12.4 Å². The van der Waals surface area contributed by atoms with Gasteiger partial charge in [0.05, 0.1) is 5.69 Å². The molecule has 0 aromatic heterocycles. The molecule has 0 saturated heterocycles. The molecule has 1 unspecified atom stereocenters. The first-order chi connectivity index (χ1) is 12.1. The predicted octanol–water partition coefficient (Wildman–Crippen LogP) is 2.71. The third-order valence-corrected chi connectivity index (χ3v) is 4.11. The van der Waals surface area contributed by atoms with Crippen LogP contribution in [-0.4, -0.2) is 24.5 Å². The van der Waals surface area contributed by atoms with Crippen LogP contribution in [0.25, 0.3) is 0 Å². The van der Waals surface area contributed by atoms with Crippen LogP contribution in [0.15, 0.2) is 48.5 Å². The van der Waals surface area contributed by atoms with Gasteiger partial charge in [-0.25, -0.2) is 0 Å². The minimum absolute atomic E-state index is 0. The summed E-state index contributed by atoms with van der Waals surface area (Å²) in [5.41, 5.74) is 7.97. The number of anilines is 2. The summed E-state index contributed by atoms with van der Waals surface area (Å²) in [6, 6.07) is 14.7. The van der Waals surface area contributed by atoms with E-state index >= 15 is 0 Å². The van der Waals surface area contributed by atoms with Crippen LogP contribution in [-0.2, 0) is 16.1 Å². The van der Waals surface area contributed by atoms with Gasteiger partial charge in [-0.2, -0.15) is 0 Å². The fraction of sp³-hybridized carbons (Fsp3) is 0.263. The molecule has 0 aliphatic carbocycles. The molecule has 0 radical (unpaired) electrons. The van der Waals surface area contributed by atoms with Crippen molar-refractivity contribution in [2.75, 3.05) is 16.8 Å². The Bertz CT molecular complexity index is 780. The lowest BCUT2D eigenvalue weighted by Gasteiger charge is -2.32. The van der Waals surface area contributed by atoms with E-state index in [2.05, 4.69) is 5.32 Å². The van der Waals surface area contributed by atoms with Gasteiger partial charge in [-0.1, -0.05) is 24.3 Å². The maximum Gasteiger partial charge on any atom is 0.267 e. The molecule has 2 aromatic rings. The van der Waals surface area contributed by atoms with Crippen molar-refractivity contribution in [1.29, 1.82) is 0 Å². The Morgan fingerprint density at radius 3 is 2.58 bits per heavy atom. The first kappa shape index (κ1) is 19.8. The zero-order chi connectivity index (χ0) is 17.8. The molecule has 1 aliphatic rings. The van der Waals surface area contributed by atoms with Gasteiger partial charge in [0.2, 0.25) is 5.91 Å². The maximum atomic E-state index is 12.4. The number of hydrogen-bond acceptors (Lipinski definition) is 4. The van der Waals surface area contributed by atoms with Gasteiger partial charge in [-0.05, 0) is 36.8 Å². The second kappa shape index (κ2) is 8.69. The van der Waals surface area contributed by atoms with Crippen LogP contribution in [0.2, 0.25) is 0 Å². The van der Waals surface area contributed by atoms with Crippen molar-refractivity contribution >= 4 is 35.6 Å². The SMILES string of the molecule is CC1Oc2ccccc2N(CCC(=O)Nc2ccc(CN)cc2)C1=O.Cl. The number of nitrogens with one attached hydrogen (secondary N) is 1. The summed E-state index contributed by atoms with van der Waals surface area (Å²) in [5.74, 6) is 0.371. The number of carbonyl (C=O) groups is 2. The van der Waals surface area contributed by atoms with Crippen molar-refractivity contribution in [2.45, 2.75) is 26.0 Å². The normalized spacial score (nSPS) is 15.5. The molecular weight excluding hydrogens is 354 g/mol. The molecule has 7 heteroatoms. The number of halogens is 1. The van der Waals surface area contributed by atoms with Crippen molar-refractivity contribution in [2.24, 2.45) is 5.73 Å². The van der Waals surface area contributed by atoms with E-state index < -0.39 is 6.10 Å². The number of hydrogen-bond donors (Lipinski definition) is 2. The molecule has 6 nitrogen and oxygen atoms in total. The molecule has 3 N–H and O–H groups in total. The van der Waals surface area contributed by atoms with Crippen LogP contribution in [0.5, 0.6) is 5.75 Å². The van der Waals surface area contributed by atoms with Gasteiger partial charge < -0.3 is 20.7 Å². The molecular formula is C19H22ClN3O3. The highest BCUT2D eigenvalue weighted by Crippen LogP contribution is 2.33. The largest absolute Gasteiger partial charge is 0.479 e. The van der Waals surface area contributed by atoms with Crippen LogP contribution < -0.4 is 20.7 Å². The fourth-order valence-corrected chi connectivity index (χ4v) is 2.75. The van der Waals surface area contributed by atoms with E-state index in [4.69, 9.17) is 10.5 Å². The van der Waals surface area contributed by atoms with Crippen molar-refractivity contribution in [3.8, 4) is 5.75 Å². The second-order valence-corrected chi connectivity index (χ2v) is 5.92. The van der Waals surface area contributed by atoms with Gasteiger partial charge in [0.1, 0.15) is 5.75 Å². The first-order valence-electron chi connectivity index (χ1n) is 8.24. The number of para-hydroxylation sites is 2. The van der Waals surface area contributed by atoms with Crippen LogP contribution in [0.1, 0.15) is 18.9 Å². The molecule has 1 atom stereocenters. The highest BCUT2D eigenvalue weighted by molar-refractivity contribution is 6.00. The van der Waals surface area contributed by atoms with Crippen molar-refractivity contribution in [3.63, 3.8) is 0 Å². The molecule has 26 heavy (non-hydrogen) atoms. The zero-order valence-electron chi connectivity index (χ0n) is 14.5. The van der Waals surface area contributed by atoms with E-state index in [1.807, 2.05) is 48.5 Å². The Kier molecular flexibility index (Phi) is 6.60. The van der Waals surface area contributed by atoms with E-state index in [0.29, 0.717) is 30.2 Å². The Balaban J connectivity index is 0.00000243. The fourth-order valence-electron chi connectivity index (χ4n) is 2.75. The highest BCUT2D eigenvalue weighted by atomic mass is 35.5. The van der Waals surface area contributed by atoms with Crippen LogP contribution in [0, 0.1) is 0 Å². The highest BCUT2D eigenvalue weighted by Gasteiger charge is 2.31. The van der Waals surface area contributed by atoms with Crippen molar-refractivity contribution in [3.05, 3.63) is 54.1 Å². The van der Waals surface area contributed by atoms with E-state index in [1.54, 1.807) is 11.8 Å². The van der Waals surface area contributed by atoms with Gasteiger partial charge in [0.15, 0.2) is 6.10 Å². The Labute approximate surface area is 158 Å². The molecule has 0 spiro atoms. The molecule has 2 amide bonds. The Morgan fingerprint density at radius 1 is 1.19 bits per heavy atom. The van der Waals surface area contributed by atoms with Gasteiger partial charge in [0.25, 0.3) is 5.91 Å². The average Bonchev–Trinajstić information content (AvgIpc) is 2.63. The minimum atomic E-state index is -0.554. The smallest absolute Gasteiger partial charge is 0.267 e. The van der Waals surface area contributed by atoms with Crippen molar-refractivity contribution < 1.29 is 14.3 Å². The molecule has 0 fully saturated rings. The number of amides is 2. The lowest BCUT2D eigenvalue weighted by molar-refractivity contribution is -0.125. The van der Waals surface area contributed by atoms with E-state index in [0.717, 1.165) is 5.56 Å². The third kappa shape index (κ3) is 4.33. The van der Waals surface area contributed by atoms with E-state index in [9.17, 15) is 9.59 Å². The molecule has 1 aliphatic heterocycles. The maximum absolute atomic E-state index is 12.4. The van der Waals surface area contributed by atoms with Crippen LogP contribution in [0.3, 0.4) is 0 Å². The lowest BCUT2D eigenvalue weighted by atomic mass is 10.1. The van der Waals surface area contributed by atoms with E-state index in [1.165, 1.54) is 0 Å². The minimum Gasteiger partial charge on any atom is -0.479 e. The van der Waals surface area contributed by atoms with Gasteiger partial charge in [-0.15, -0.1) is 12.4 Å². The summed E-state index contributed by atoms with van der Waals surface area (Å²) >= 11 is 0. The Morgan fingerprint density at radius 2 is 1.88 bits per heavy atom. The summed E-state index contributed by atoms with van der Waals surface area (Å²) in [4.78, 5) is 26.2. The van der Waals surface area contributed by atoms with Crippen LogP contribution in [0.4, 0.5) is 11.4 Å². The number of fused-ring (bicyclic) bond motifs is 1. The monoisotopic (exact) mass is 375 g/mol. The van der Waals surface area contributed by atoms with Gasteiger partial charge in [0, 0.05) is 25.2 Å². The van der Waals surface area contributed by atoms with Crippen molar-refractivity contribution in [1.82, 2.24) is 0 Å². The number of benzene rings is 2. The average molecular weight is 376 g/mol. The summed E-state index contributed by atoms with van der Waals surface area (Å²) in [6.45, 7) is 2.48. The molecule has 3 rings (SSSR count). The summed E-state index contributed by atoms with van der Waals surface area (Å²) in [7, 11) is 0. The van der Waals surface area contributed by atoms with Gasteiger partial charge in [-0.3, -0.25) is 9.59 Å². The number of nitrogens with two attached hydrogens (primary N) is 1. The number of rotatable bonds is 5. The predicted molar refractivity (Wildman–Crippen MR) is 104 cm³/mol. The molecule has 0 saturated carbocycles. The topological polar surface area (TPSA) is 84.7 Å². The second-order valence-electron chi connectivity index (χ2n) is 5.92. The standard InChI is InChI=1S/C19H21N3O3.ClH/c1-13-19(24)22(16-4-2-3-5-17(16)25-13)11-10-18(23)21-15-8-6-14(12-20)7-9-15;/h2-9,13H,10-12,20H2,1H3,(H,21,23);1H. The lowest BCUT2D eigenvalue weighted by Crippen LogP contribution is -2.45. The zero-order valence-corrected chi connectivity index (χ0v) is 15.3. The molecule has 138 valence electrons. The molecule has 2 aromatic carbocycles. The number of ether oxygens (including phenoxy) is 1. The summed E-state index contributed by atoms with van der Waals surface area (Å²) in [5, 5.41) is 2.83. The quantitative estimate of drug-likeness (QED) is 0.841. The third-order valence-electron chi connectivity index (χ3n) is 4.11. The molecule has 0 bridgehead atoms. The number of carbonyl (C=O) groups excluding carboxylic acids is 2. The number of nitrogens with zero attached hydrogens (tertiary/aromatic N) is 1. The summed E-state index contributed by atoms with van der Waals surface area (Å²) in [6.07, 6.45) is -0.354. The van der Waals surface area contributed by atoms with E-state index in [-0.39, 0.29) is 30.6 Å².